The second-order valence-corrected chi connectivity index (χ2v) is 4.53. The van der Waals surface area contributed by atoms with E-state index in [4.69, 9.17) is 5.11 Å². The summed E-state index contributed by atoms with van der Waals surface area (Å²) in [5.74, 6) is -0.349. The predicted molar refractivity (Wildman–Crippen MR) is 79.5 cm³/mol. The van der Waals surface area contributed by atoms with E-state index in [1.54, 1.807) is 30.3 Å². The Hall–Kier alpha value is -2.40. The van der Waals surface area contributed by atoms with Gasteiger partial charge in [0.25, 0.3) is 0 Å². The van der Waals surface area contributed by atoms with Crippen molar-refractivity contribution in [3.63, 3.8) is 0 Å². The van der Waals surface area contributed by atoms with Crippen LogP contribution < -0.4 is 10.6 Å². The van der Waals surface area contributed by atoms with Crippen molar-refractivity contribution in [3.8, 4) is 0 Å². The molecule has 0 saturated carbocycles. The first-order valence-corrected chi connectivity index (χ1v) is 6.67. The quantitative estimate of drug-likeness (QED) is 0.792. The van der Waals surface area contributed by atoms with Gasteiger partial charge in [-0.1, -0.05) is 36.4 Å². The van der Waals surface area contributed by atoms with Crippen LogP contribution in [0.4, 0.5) is 14.9 Å². The summed E-state index contributed by atoms with van der Waals surface area (Å²) >= 11 is 0. The maximum absolute atomic E-state index is 13.4. The molecule has 0 bridgehead atoms. The summed E-state index contributed by atoms with van der Waals surface area (Å²) in [5, 5.41) is 14.3. The number of benzene rings is 2. The van der Waals surface area contributed by atoms with Crippen LogP contribution in [0.1, 0.15) is 11.1 Å². The van der Waals surface area contributed by atoms with Gasteiger partial charge in [-0.05, 0) is 24.1 Å². The molecule has 0 saturated heterocycles. The molecular weight excluding hydrogens is 271 g/mol. The van der Waals surface area contributed by atoms with Gasteiger partial charge < -0.3 is 15.7 Å². The predicted octanol–water partition coefficient (Wildman–Crippen LogP) is 2.68. The smallest absolute Gasteiger partial charge is 0.319 e. The van der Waals surface area contributed by atoms with Gasteiger partial charge in [-0.2, -0.15) is 0 Å². The minimum Gasteiger partial charge on any atom is -0.396 e. The molecule has 0 aliphatic rings. The second kappa shape index (κ2) is 7.40. The van der Waals surface area contributed by atoms with Crippen LogP contribution >= 0.6 is 0 Å². The molecule has 0 spiro atoms. The molecule has 21 heavy (non-hydrogen) atoms. The van der Waals surface area contributed by atoms with E-state index >= 15 is 0 Å². The summed E-state index contributed by atoms with van der Waals surface area (Å²) in [4.78, 5) is 11.8. The Labute approximate surface area is 122 Å². The van der Waals surface area contributed by atoms with Gasteiger partial charge in [-0.3, -0.25) is 0 Å². The van der Waals surface area contributed by atoms with E-state index in [1.807, 2.05) is 12.1 Å². The summed E-state index contributed by atoms with van der Waals surface area (Å²) in [7, 11) is 0. The number of rotatable bonds is 5. The molecule has 5 heteroatoms. The van der Waals surface area contributed by atoms with Crippen molar-refractivity contribution in [1.29, 1.82) is 0 Å². The third kappa shape index (κ3) is 4.29. The summed E-state index contributed by atoms with van der Waals surface area (Å²) in [6.07, 6.45) is 0.462. The van der Waals surface area contributed by atoms with Crippen molar-refractivity contribution in [2.24, 2.45) is 0 Å². The van der Waals surface area contributed by atoms with Crippen LogP contribution in [0, 0.1) is 5.82 Å². The fourth-order valence-electron chi connectivity index (χ4n) is 1.96. The summed E-state index contributed by atoms with van der Waals surface area (Å²) in [6, 6.07) is 13.1. The molecule has 2 aromatic carbocycles. The molecule has 0 fully saturated rings. The Bertz CT molecular complexity index is 617. The van der Waals surface area contributed by atoms with E-state index < -0.39 is 6.03 Å². The molecule has 0 radical (unpaired) electrons. The fraction of sp³-hybridized carbons (Fsp3) is 0.188. The third-order valence-electron chi connectivity index (χ3n) is 3.04. The highest BCUT2D eigenvalue weighted by Gasteiger charge is 2.07. The lowest BCUT2D eigenvalue weighted by atomic mass is 10.1. The van der Waals surface area contributed by atoms with Gasteiger partial charge in [-0.25, -0.2) is 9.18 Å². The Morgan fingerprint density at radius 2 is 1.71 bits per heavy atom. The number of nitrogens with one attached hydrogen (secondary N) is 2. The number of hydrogen-bond acceptors (Lipinski definition) is 2. The van der Waals surface area contributed by atoms with Crippen LogP contribution in [0.5, 0.6) is 0 Å². The van der Waals surface area contributed by atoms with Crippen molar-refractivity contribution < 1.29 is 14.3 Å². The number of aliphatic hydroxyl groups is 1. The molecule has 2 aromatic rings. The van der Waals surface area contributed by atoms with E-state index in [-0.39, 0.29) is 19.0 Å². The summed E-state index contributed by atoms with van der Waals surface area (Å²) < 4.78 is 13.4. The number of halogens is 1. The molecule has 0 aliphatic carbocycles. The van der Waals surface area contributed by atoms with Crippen molar-refractivity contribution in [1.82, 2.24) is 5.32 Å². The fourth-order valence-corrected chi connectivity index (χ4v) is 1.96. The molecule has 2 rings (SSSR count). The van der Waals surface area contributed by atoms with Crippen molar-refractivity contribution in [2.75, 3.05) is 11.9 Å². The zero-order chi connectivity index (χ0) is 15.1. The maximum Gasteiger partial charge on any atom is 0.319 e. The SMILES string of the molecule is O=C(NCc1ccccc1F)Nc1ccccc1CCO. The Morgan fingerprint density at radius 1 is 1.05 bits per heavy atom. The third-order valence-corrected chi connectivity index (χ3v) is 3.04. The molecule has 0 unspecified atom stereocenters. The highest BCUT2D eigenvalue weighted by molar-refractivity contribution is 5.90. The zero-order valence-electron chi connectivity index (χ0n) is 11.5. The lowest BCUT2D eigenvalue weighted by molar-refractivity contribution is 0.251. The average molecular weight is 288 g/mol. The number of amides is 2. The number of aliphatic hydroxyl groups excluding tert-OH is 1. The number of para-hydroxylation sites is 1. The molecule has 4 nitrogen and oxygen atoms in total. The van der Waals surface area contributed by atoms with E-state index in [0.717, 1.165) is 5.56 Å². The molecule has 2 amide bonds. The first-order valence-electron chi connectivity index (χ1n) is 6.67. The number of carbonyl (C=O) groups excluding carboxylic acids is 1. The standard InChI is InChI=1S/C16H17FN2O2/c17-14-7-3-1-6-13(14)11-18-16(21)19-15-8-4-2-5-12(15)9-10-20/h1-8,20H,9-11H2,(H2,18,19,21). The summed E-state index contributed by atoms with van der Waals surface area (Å²) in [6.45, 7) is 0.121. The highest BCUT2D eigenvalue weighted by Crippen LogP contribution is 2.15. The first kappa shape index (κ1) is 15.0. The second-order valence-electron chi connectivity index (χ2n) is 4.53. The van der Waals surface area contributed by atoms with Gasteiger partial charge in [-0.15, -0.1) is 0 Å². The van der Waals surface area contributed by atoms with Gasteiger partial charge in [0.1, 0.15) is 5.82 Å². The Balaban J connectivity index is 1.95. The molecular formula is C16H17FN2O2. The first-order chi connectivity index (χ1) is 10.2. The molecule has 0 heterocycles. The molecule has 3 N–H and O–H groups in total. The molecule has 0 atom stereocenters. The normalized spacial score (nSPS) is 10.2. The van der Waals surface area contributed by atoms with Crippen LogP contribution in [-0.4, -0.2) is 17.7 Å². The monoisotopic (exact) mass is 288 g/mol. The Morgan fingerprint density at radius 3 is 2.43 bits per heavy atom. The van der Waals surface area contributed by atoms with E-state index in [2.05, 4.69) is 10.6 Å². The minimum atomic E-state index is -0.413. The number of urea groups is 1. The van der Waals surface area contributed by atoms with E-state index in [9.17, 15) is 9.18 Å². The van der Waals surface area contributed by atoms with Crippen LogP contribution in [0.2, 0.25) is 0 Å². The minimum absolute atomic E-state index is 0.00946. The molecule has 110 valence electrons. The largest absolute Gasteiger partial charge is 0.396 e. The van der Waals surface area contributed by atoms with Crippen molar-refractivity contribution >= 4 is 11.7 Å². The average Bonchev–Trinajstić information content (AvgIpc) is 2.49. The van der Waals surface area contributed by atoms with Gasteiger partial charge in [0.2, 0.25) is 0 Å². The summed E-state index contributed by atoms with van der Waals surface area (Å²) in [5.41, 5.74) is 1.91. The van der Waals surface area contributed by atoms with Gasteiger partial charge in [0.05, 0.1) is 0 Å². The van der Waals surface area contributed by atoms with Crippen LogP contribution in [-0.2, 0) is 13.0 Å². The lowest BCUT2D eigenvalue weighted by Crippen LogP contribution is -2.29. The van der Waals surface area contributed by atoms with Crippen molar-refractivity contribution in [2.45, 2.75) is 13.0 Å². The van der Waals surface area contributed by atoms with Crippen LogP contribution in [0.25, 0.3) is 0 Å². The lowest BCUT2D eigenvalue weighted by Gasteiger charge is -2.11. The molecule has 0 aliphatic heterocycles. The van der Waals surface area contributed by atoms with Gasteiger partial charge in [0, 0.05) is 24.4 Å². The number of anilines is 1. The van der Waals surface area contributed by atoms with Crippen LogP contribution in [0.3, 0.4) is 0 Å². The zero-order valence-corrected chi connectivity index (χ0v) is 11.5. The Kier molecular flexibility index (Phi) is 5.29. The van der Waals surface area contributed by atoms with Crippen LogP contribution in [0.15, 0.2) is 48.5 Å². The van der Waals surface area contributed by atoms with Crippen molar-refractivity contribution in [3.05, 3.63) is 65.5 Å². The number of hydrogen-bond donors (Lipinski definition) is 3. The number of carbonyl (C=O) groups is 1. The van der Waals surface area contributed by atoms with Gasteiger partial charge >= 0.3 is 6.03 Å². The molecule has 0 aromatic heterocycles. The van der Waals surface area contributed by atoms with E-state index in [1.165, 1.54) is 6.07 Å². The maximum atomic E-state index is 13.4. The topological polar surface area (TPSA) is 61.4 Å². The highest BCUT2D eigenvalue weighted by atomic mass is 19.1. The van der Waals surface area contributed by atoms with Gasteiger partial charge in [0.15, 0.2) is 0 Å². The van der Waals surface area contributed by atoms with E-state index in [0.29, 0.717) is 17.7 Å².